The molecule has 0 aromatic carbocycles. The van der Waals surface area contributed by atoms with Crippen molar-refractivity contribution in [2.45, 2.75) is 76.4 Å². The van der Waals surface area contributed by atoms with Gasteiger partial charge in [0.1, 0.15) is 0 Å². The predicted molar refractivity (Wildman–Crippen MR) is 72.2 cm³/mol. The van der Waals surface area contributed by atoms with Crippen molar-refractivity contribution in [2.24, 2.45) is 5.92 Å². The lowest BCUT2D eigenvalue weighted by atomic mass is 9.77. The van der Waals surface area contributed by atoms with Gasteiger partial charge in [-0.25, -0.2) is 0 Å². The van der Waals surface area contributed by atoms with Crippen LogP contribution >= 0.6 is 0 Å². The van der Waals surface area contributed by atoms with E-state index in [0.29, 0.717) is 0 Å². The number of likely N-dealkylation sites (tertiary alicyclic amines) is 1. The summed E-state index contributed by atoms with van der Waals surface area (Å²) in [6, 6.07) is 2.57. The molecule has 4 atom stereocenters. The van der Waals surface area contributed by atoms with Crippen LogP contribution in [-0.4, -0.2) is 36.1 Å². The van der Waals surface area contributed by atoms with E-state index in [0.717, 1.165) is 24.0 Å². The van der Waals surface area contributed by atoms with Gasteiger partial charge in [-0.2, -0.15) is 0 Å². The van der Waals surface area contributed by atoms with Gasteiger partial charge < -0.3 is 5.32 Å². The van der Waals surface area contributed by atoms with Crippen molar-refractivity contribution in [3.63, 3.8) is 0 Å². The van der Waals surface area contributed by atoms with Gasteiger partial charge in [-0.15, -0.1) is 0 Å². The maximum atomic E-state index is 3.60. The molecule has 0 aromatic rings. The van der Waals surface area contributed by atoms with Crippen LogP contribution in [0.2, 0.25) is 0 Å². The Bertz CT molecular complexity index is 251. The number of nitrogens with zero attached hydrogens (tertiary/aromatic N) is 1. The molecule has 1 N–H and O–H groups in total. The fourth-order valence-corrected chi connectivity index (χ4v) is 4.52. The van der Waals surface area contributed by atoms with Gasteiger partial charge in [-0.05, 0) is 64.5 Å². The van der Waals surface area contributed by atoms with Crippen LogP contribution in [0.25, 0.3) is 0 Å². The van der Waals surface area contributed by atoms with E-state index in [-0.39, 0.29) is 0 Å². The van der Waals surface area contributed by atoms with Gasteiger partial charge in [0.2, 0.25) is 0 Å². The third-order valence-electron chi connectivity index (χ3n) is 5.35. The third kappa shape index (κ3) is 2.53. The second-order valence-electron chi connectivity index (χ2n) is 6.53. The average Bonchev–Trinajstić information content (AvgIpc) is 2.38. The van der Waals surface area contributed by atoms with E-state index >= 15 is 0 Å². The van der Waals surface area contributed by atoms with Crippen molar-refractivity contribution < 1.29 is 0 Å². The molecule has 1 saturated carbocycles. The highest BCUT2D eigenvalue weighted by molar-refractivity contribution is 4.93. The van der Waals surface area contributed by atoms with E-state index in [1.807, 2.05) is 0 Å². The summed E-state index contributed by atoms with van der Waals surface area (Å²) in [6.45, 7) is 4.98. The lowest BCUT2D eigenvalue weighted by Crippen LogP contribution is -2.55. The molecule has 0 radical (unpaired) electrons. The lowest BCUT2D eigenvalue weighted by molar-refractivity contribution is 0.0109. The summed E-state index contributed by atoms with van der Waals surface area (Å²) in [7, 11) is 0. The molecule has 3 fully saturated rings. The molecule has 2 saturated heterocycles. The molecule has 3 aliphatic rings. The van der Waals surface area contributed by atoms with Crippen LogP contribution in [0.3, 0.4) is 0 Å². The number of hydrogen-bond acceptors (Lipinski definition) is 2. The van der Waals surface area contributed by atoms with Gasteiger partial charge >= 0.3 is 0 Å². The van der Waals surface area contributed by atoms with Crippen LogP contribution in [0.5, 0.6) is 0 Å². The van der Waals surface area contributed by atoms with Crippen LogP contribution in [0, 0.1) is 5.92 Å². The number of fused-ring (bicyclic) bond motifs is 1. The molecular weight excluding hydrogens is 208 g/mol. The molecule has 4 unspecified atom stereocenters. The Labute approximate surface area is 106 Å². The number of hydrogen-bond donors (Lipinski definition) is 1. The van der Waals surface area contributed by atoms with Crippen LogP contribution in [-0.2, 0) is 0 Å². The van der Waals surface area contributed by atoms with Crippen LogP contribution in [0.1, 0.15) is 58.3 Å². The largest absolute Gasteiger partial charge is 0.314 e. The van der Waals surface area contributed by atoms with E-state index in [2.05, 4.69) is 17.1 Å². The Balaban J connectivity index is 1.67. The maximum Gasteiger partial charge on any atom is 0.0126 e. The monoisotopic (exact) mass is 236 g/mol. The normalized spacial score (nSPS) is 44.3. The van der Waals surface area contributed by atoms with Gasteiger partial charge in [0.05, 0.1) is 0 Å². The zero-order valence-electron chi connectivity index (χ0n) is 11.3. The van der Waals surface area contributed by atoms with Crippen molar-refractivity contribution in [3.05, 3.63) is 0 Å². The van der Waals surface area contributed by atoms with Gasteiger partial charge in [-0.3, -0.25) is 4.90 Å². The minimum Gasteiger partial charge on any atom is -0.314 e. The van der Waals surface area contributed by atoms with Crippen molar-refractivity contribution >= 4 is 0 Å². The Kier molecular flexibility index (Phi) is 3.72. The molecule has 98 valence electrons. The fraction of sp³-hybridized carbons (Fsp3) is 1.00. The van der Waals surface area contributed by atoms with Crippen molar-refractivity contribution in [3.8, 4) is 0 Å². The Morgan fingerprint density at radius 3 is 2.71 bits per heavy atom. The van der Waals surface area contributed by atoms with Crippen molar-refractivity contribution in [1.82, 2.24) is 10.2 Å². The maximum absolute atomic E-state index is 3.60. The minimum absolute atomic E-state index is 0.734. The van der Waals surface area contributed by atoms with Crippen LogP contribution in [0.4, 0.5) is 0 Å². The first-order valence-corrected chi connectivity index (χ1v) is 7.84. The summed E-state index contributed by atoms with van der Waals surface area (Å²) in [5, 5.41) is 3.60. The standard InChI is InChI=1S/C15H28N2/c1-12-11-14(8-9-16-12)17-10-4-6-13-5-2-3-7-15(13)17/h12-16H,2-11H2,1H3. The Hall–Kier alpha value is -0.0800. The quantitative estimate of drug-likeness (QED) is 0.753. The minimum atomic E-state index is 0.734. The summed E-state index contributed by atoms with van der Waals surface area (Å²) in [5.74, 6) is 1.04. The van der Waals surface area contributed by atoms with Crippen LogP contribution in [0.15, 0.2) is 0 Å². The van der Waals surface area contributed by atoms with E-state index in [4.69, 9.17) is 0 Å². The van der Waals surface area contributed by atoms with Gasteiger partial charge in [0.25, 0.3) is 0 Å². The molecule has 0 amide bonds. The SMILES string of the molecule is CC1CC(N2CCCC3CCCCC32)CCN1. The first-order valence-electron chi connectivity index (χ1n) is 7.84. The lowest BCUT2D eigenvalue weighted by Gasteiger charge is -2.49. The highest BCUT2D eigenvalue weighted by atomic mass is 15.2. The predicted octanol–water partition coefficient (Wildman–Crippen LogP) is 2.78. The molecule has 2 aliphatic heterocycles. The van der Waals surface area contributed by atoms with Gasteiger partial charge in [0, 0.05) is 18.1 Å². The first-order chi connectivity index (χ1) is 8.34. The molecule has 17 heavy (non-hydrogen) atoms. The molecule has 3 rings (SSSR count). The average molecular weight is 236 g/mol. The molecule has 2 heterocycles. The van der Waals surface area contributed by atoms with Gasteiger partial charge in [-0.1, -0.05) is 12.8 Å². The molecule has 0 spiro atoms. The zero-order chi connectivity index (χ0) is 11.7. The summed E-state index contributed by atoms with van der Waals surface area (Å²) < 4.78 is 0. The summed E-state index contributed by atoms with van der Waals surface area (Å²) in [5.41, 5.74) is 0. The molecule has 2 heteroatoms. The summed E-state index contributed by atoms with van der Waals surface area (Å²) in [4.78, 5) is 2.92. The van der Waals surface area contributed by atoms with E-state index < -0.39 is 0 Å². The molecule has 2 nitrogen and oxygen atoms in total. The molecule has 1 aliphatic carbocycles. The topological polar surface area (TPSA) is 15.3 Å². The Morgan fingerprint density at radius 2 is 1.82 bits per heavy atom. The Morgan fingerprint density at radius 1 is 1.00 bits per heavy atom. The molecule has 0 aromatic heterocycles. The zero-order valence-corrected chi connectivity index (χ0v) is 11.3. The number of nitrogens with one attached hydrogen (secondary N) is 1. The second kappa shape index (κ2) is 5.27. The van der Waals surface area contributed by atoms with E-state index in [9.17, 15) is 0 Å². The van der Waals surface area contributed by atoms with Crippen molar-refractivity contribution in [2.75, 3.05) is 13.1 Å². The summed E-state index contributed by atoms with van der Waals surface area (Å²) >= 11 is 0. The molecular formula is C15H28N2. The fourth-order valence-electron chi connectivity index (χ4n) is 4.52. The van der Waals surface area contributed by atoms with Crippen LogP contribution < -0.4 is 5.32 Å². The highest BCUT2D eigenvalue weighted by Gasteiger charge is 2.37. The van der Waals surface area contributed by atoms with Gasteiger partial charge in [0.15, 0.2) is 0 Å². The van der Waals surface area contributed by atoms with Crippen molar-refractivity contribution in [1.29, 1.82) is 0 Å². The first kappa shape index (κ1) is 12.0. The highest BCUT2D eigenvalue weighted by Crippen LogP contribution is 2.37. The second-order valence-corrected chi connectivity index (χ2v) is 6.53. The number of rotatable bonds is 1. The number of piperidine rings is 2. The summed E-state index contributed by atoms with van der Waals surface area (Å²) in [6.07, 6.45) is 11.7. The molecule has 0 bridgehead atoms. The smallest absolute Gasteiger partial charge is 0.0126 e. The third-order valence-corrected chi connectivity index (χ3v) is 5.35. The van der Waals surface area contributed by atoms with E-state index in [1.54, 1.807) is 0 Å². The van der Waals surface area contributed by atoms with E-state index in [1.165, 1.54) is 64.5 Å².